The van der Waals surface area contributed by atoms with Crippen LogP contribution in [0.2, 0.25) is 0 Å². The van der Waals surface area contributed by atoms with Crippen LogP contribution >= 0.6 is 27.4 Å². The Balaban J connectivity index is 1.77. The molecule has 0 aromatic carbocycles. The average molecular weight is 956 g/mol. The maximum Gasteiger partial charge on any atom is 0.481 e. The number of rotatable bonds is 41. The molecule has 0 amide bonds. The predicted octanol–water partition coefficient (Wildman–Crippen LogP) is 10.3. The monoisotopic (exact) mass is 956 g/mol. The van der Waals surface area contributed by atoms with Crippen molar-refractivity contribution >= 4 is 39.2 Å². The van der Waals surface area contributed by atoms with Gasteiger partial charge in [0.25, 0.3) is 0 Å². The summed E-state index contributed by atoms with van der Waals surface area (Å²) < 4.78 is 51.9. The van der Waals surface area contributed by atoms with Crippen LogP contribution in [0, 0.1) is 0 Å². The minimum Gasteiger partial charge on any atom is -0.459 e. The molecule has 1 aromatic rings. The molecule has 1 aliphatic rings. The quantitative estimate of drug-likeness (QED) is 0.0233. The molecular formula is C44H83N3O13P2S. The number of thioether (sulfide) groups is 1. The van der Waals surface area contributed by atoms with Crippen LogP contribution in [0.25, 0.3) is 0 Å². The molecule has 0 aliphatic carbocycles. The lowest BCUT2D eigenvalue weighted by atomic mass is 10.0. The first kappa shape index (κ1) is 57.8. The van der Waals surface area contributed by atoms with E-state index in [0.29, 0.717) is 6.42 Å². The van der Waals surface area contributed by atoms with E-state index in [2.05, 4.69) is 23.1 Å². The Morgan fingerprint density at radius 1 is 0.746 bits per heavy atom. The van der Waals surface area contributed by atoms with Gasteiger partial charge in [-0.15, -0.1) is 0 Å². The van der Waals surface area contributed by atoms with Crippen molar-refractivity contribution in [3.05, 3.63) is 22.7 Å². The third kappa shape index (κ3) is 27.8. The number of phosphoric ester groups is 2. The molecule has 0 saturated carbocycles. The lowest BCUT2D eigenvalue weighted by Crippen LogP contribution is -2.36. The van der Waals surface area contributed by atoms with E-state index in [0.717, 1.165) is 48.8 Å². The van der Waals surface area contributed by atoms with Gasteiger partial charge in [0, 0.05) is 18.4 Å². The van der Waals surface area contributed by atoms with E-state index in [4.69, 9.17) is 24.3 Å². The van der Waals surface area contributed by atoms with E-state index >= 15 is 0 Å². The van der Waals surface area contributed by atoms with Gasteiger partial charge in [-0.05, 0) is 24.7 Å². The zero-order chi connectivity index (χ0) is 46.2. The highest BCUT2D eigenvalue weighted by Crippen LogP contribution is 2.60. The van der Waals surface area contributed by atoms with Gasteiger partial charge >= 0.3 is 27.3 Å². The fraction of sp³-hybridized carbons (Fsp3) is 0.886. The van der Waals surface area contributed by atoms with Crippen LogP contribution < -0.4 is 11.4 Å². The number of esters is 1. The summed E-state index contributed by atoms with van der Waals surface area (Å²) in [6.45, 7) is 3.02. The first-order valence-electron chi connectivity index (χ1n) is 24.1. The second-order valence-corrected chi connectivity index (χ2v) is 21.2. The van der Waals surface area contributed by atoms with Crippen LogP contribution in [0.1, 0.15) is 200 Å². The molecule has 1 aromatic heterocycles. The summed E-state index contributed by atoms with van der Waals surface area (Å²) in [7, 11) is -10.6. The van der Waals surface area contributed by atoms with Crippen molar-refractivity contribution in [2.45, 2.75) is 224 Å². The molecule has 16 nitrogen and oxygen atoms in total. The van der Waals surface area contributed by atoms with Crippen LogP contribution in [0.3, 0.4) is 0 Å². The summed E-state index contributed by atoms with van der Waals surface area (Å²) in [5, 5.41) is 20.9. The summed E-state index contributed by atoms with van der Waals surface area (Å²) in [5.74, 6) is 0.544. The maximum absolute atomic E-state index is 12.9. The largest absolute Gasteiger partial charge is 0.481 e. The van der Waals surface area contributed by atoms with Gasteiger partial charge < -0.3 is 35.2 Å². The van der Waals surface area contributed by atoms with Crippen molar-refractivity contribution in [2.24, 2.45) is 0 Å². The molecular weight excluding hydrogens is 873 g/mol. The fourth-order valence-corrected chi connectivity index (χ4v) is 10.6. The number of aliphatic hydroxyl groups is 2. The zero-order valence-electron chi connectivity index (χ0n) is 38.4. The second-order valence-electron chi connectivity index (χ2n) is 17.0. The van der Waals surface area contributed by atoms with Gasteiger partial charge in [-0.2, -0.15) is 21.1 Å². The number of nitrogen functional groups attached to an aromatic ring is 1. The Morgan fingerprint density at radius 2 is 1.21 bits per heavy atom. The molecule has 4 unspecified atom stereocenters. The van der Waals surface area contributed by atoms with Crippen LogP contribution in [-0.4, -0.2) is 84.7 Å². The highest BCUT2D eigenvalue weighted by Gasteiger charge is 2.46. The van der Waals surface area contributed by atoms with Crippen molar-refractivity contribution in [3.8, 4) is 0 Å². The third-order valence-electron chi connectivity index (χ3n) is 11.2. The number of phosphoric acid groups is 2. The first-order chi connectivity index (χ1) is 30.3. The molecule has 368 valence electrons. The van der Waals surface area contributed by atoms with Crippen molar-refractivity contribution < 1.29 is 56.8 Å². The van der Waals surface area contributed by atoms with E-state index < -0.39 is 71.2 Å². The Hall–Kier alpha value is -1.36. The van der Waals surface area contributed by atoms with Crippen LogP contribution in [-0.2, 0) is 36.8 Å². The minimum absolute atomic E-state index is 0.0772. The van der Waals surface area contributed by atoms with Gasteiger partial charge in [0.2, 0.25) is 0 Å². The normalized spacial score (nSPS) is 20.1. The van der Waals surface area contributed by atoms with Gasteiger partial charge in [0.15, 0.2) is 6.23 Å². The number of anilines is 1. The van der Waals surface area contributed by atoms with Crippen molar-refractivity contribution in [1.82, 2.24) is 9.55 Å². The maximum atomic E-state index is 12.9. The third-order valence-corrected chi connectivity index (χ3v) is 15.0. The number of carbonyl (C=O) groups is 1. The van der Waals surface area contributed by atoms with Gasteiger partial charge in [-0.3, -0.25) is 18.4 Å². The molecule has 63 heavy (non-hydrogen) atoms. The van der Waals surface area contributed by atoms with Gasteiger partial charge in [0.05, 0.1) is 13.2 Å². The number of hydrogen-bond acceptors (Lipinski definition) is 14. The number of ether oxygens (including phenoxy) is 2. The molecule has 1 aliphatic heterocycles. The minimum atomic E-state index is -5.32. The predicted molar refractivity (Wildman–Crippen MR) is 249 cm³/mol. The summed E-state index contributed by atoms with van der Waals surface area (Å²) in [5.41, 5.74) is 4.62. The van der Waals surface area contributed by atoms with Crippen LogP contribution in [0.5, 0.6) is 0 Å². The molecule has 2 heterocycles. The standard InChI is InChI=1S/C44H83N3O13P2S/c1-3-5-7-9-11-13-15-17-19-21-23-25-27-29-33-63-36-37(58-40(48)30-28-26-24-22-20-18-16-14-12-10-8-6-4-2)34-56-61(52,53)60-62(54,55)57-35-38-41(49)42(50)43(59-38)47-32-31-39(45)46-44(47)51/h31-32,37-38,41-43,49-50H,3-30,33-36H2,1-2H3,(H,52,53)(H,54,55)(H2,45,46,51)/t37?,38-,41-,42+,43?/m1/s1. The number of nitrogens with two attached hydrogens (primary N) is 1. The Labute approximate surface area is 381 Å². The lowest BCUT2D eigenvalue weighted by Gasteiger charge is -2.21. The van der Waals surface area contributed by atoms with E-state index in [9.17, 15) is 38.7 Å². The molecule has 0 bridgehead atoms. The number of aromatic nitrogens is 2. The highest BCUT2D eigenvalue weighted by atomic mass is 32.2. The topological polar surface area (TPSA) is 239 Å². The van der Waals surface area contributed by atoms with Crippen LogP contribution in [0.4, 0.5) is 5.82 Å². The van der Waals surface area contributed by atoms with E-state index in [-0.39, 0.29) is 18.0 Å². The second kappa shape index (κ2) is 34.9. The molecule has 2 rings (SSSR count). The lowest BCUT2D eigenvalue weighted by molar-refractivity contribution is -0.149. The van der Waals surface area contributed by atoms with E-state index in [1.807, 2.05) is 0 Å². The molecule has 0 spiro atoms. The van der Waals surface area contributed by atoms with Gasteiger partial charge in [-0.25, -0.2) is 13.9 Å². The SMILES string of the molecule is CCCCCCCCCCCCCCCCSCC(COP(=O)(O)OP(=O)(O)OC[C@H]1OC(n2ccc(N)nc2=O)[C@@H](O)[C@@H]1O)OC(=O)CCCCCCCCCCCCCCC. The fourth-order valence-electron chi connectivity index (χ4n) is 7.50. The summed E-state index contributed by atoms with van der Waals surface area (Å²) in [4.78, 5) is 49.3. The van der Waals surface area contributed by atoms with E-state index in [1.165, 1.54) is 152 Å². The summed E-state index contributed by atoms with van der Waals surface area (Å²) in [6.07, 6.45) is 27.1. The van der Waals surface area contributed by atoms with Crippen molar-refractivity contribution in [1.29, 1.82) is 0 Å². The number of aliphatic hydroxyl groups excluding tert-OH is 2. The average Bonchev–Trinajstić information content (AvgIpc) is 3.51. The number of unbranched alkanes of at least 4 members (excludes halogenated alkanes) is 25. The van der Waals surface area contributed by atoms with Gasteiger partial charge in [-0.1, -0.05) is 174 Å². The first-order valence-corrected chi connectivity index (χ1v) is 28.2. The molecule has 7 atom stereocenters. The van der Waals surface area contributed by atoms with Crippen LogP contribution in [0.15, 0.2) is 17.1 Å². The molecule has 6 N–H and O–H groups in total. The van der Waals surface area contributed by atoms with Crippen molar-refractivity contribution in [2.75, 3.05) is 30.5 Å². The summed E-state index contributed by atoms with van der Waals surface area (Å²) in [6, 6.07) is 1.27. The van der Waals surface area contributed by atoms with E-state index in [1.54, 1.807) is 0 Å². The zero-order valence-corrected chi connectivity index (χ0v) is 41.0. The number of carbonyl (C=O) groups excluding carboxylic acids is 1. The smallest absolute Gasteiger partial charge is 0.459 e. The number of hydrogen-bond donors (Lipinski definition) is 5. The van der Waals surface area contributed by atoms with Gasteiger partial charge in [0.1, 0.15) is 30.2 Å². The molecule has 1 saturated heterocycles. The highest BCUT2D eigenvalue weighted by molar-refractivity contribution is 7.99. The van der Waals surface area contributed by atoms with Crippen molar-refractivity contribution in [3.63, 3.8) is 0 Å². The summed E-state index contributed by atoms with van der Waals surface area (Å²) >= 11 is 1.53. The Kier molecular flexibility index (Phi) is 32.0. The Morgan fingerprint density at radius 3 is 1.70 bits per heavy atom. The Bertz CT molecular complexity index is 1490. The molecule has 1 fully saturated rings. The molecule has 0 radical (unpaired) electrons. The molecule has 19 heteroatoms. The number of nitrogens with zero attached hydrogens (tertiary/aromatic N) is 2.